The van der Waals surface area contributed by atoms with E-state index in [4.69, 9.17) is 12.2 Å². The minimum atomic E-state index is -0.0439. The van der Waals surface area contributed by atoms with Crippen molar-refractivity contribution < 1.29 is 0 Å². The third kappa shape index (κ3) is 4.43. The Bertz CT molecular complexity index is 1820. The zero-order valence-corrected chi connectivity index (χ0v) is 23.0. The van der Waals surface area contributed by atoms with Crippen LogP contribution in [0.4, 0.5) is 22.7 Å². The molecule has 194 valence electrons. The van der Waals surface area contributed by atoms with Crippen molar-refractivity contribution in [1.82, 2.24) is 4.98 Å². The van der Waals surface area contributed by atoms with E-state index in [1.54, 1.807) is 0 Å². The maximum Gasteiger partial charge on any atom is 0.175 e. The molecule has 7 rings (SSSR count). The van der Waals surface area contributed by atoms with Gasteiger partial charge >= 0.3 is 0 Å². The van der Waals surface area contributed by atoms with Crippen LogP contribution in [0, 0.1) is 6.92 Å². The molecule has 1 aliphatic heterocycles. The molecule has 1 aromatic heterocycles. The van der Waals surface area contributed by atoms with Crippen LogP contribution >= 0.6 is 12.2 Å². The quantitative estimate of drug-likeness (QED) is 0.117. The number of anilines is 4. The maximum absolute atomic E-state index is 5.60. The number of aryl methyl sites for hydroxylation is 1. The molecule has 5 N–H and O–H groups in total. The Labute approximate surface area is 233 Å². The average Bonchev–Trinajstić information content (AvgIpc) is 3.55. The Balaban J connectivity index is 0.00000135. The van der Waals surface area contributed by atoms with Gasteiger partial charge in [-0.05, 0) is 60.2 Å². The molecule has 6 aromatic rings. The Hall–Kier alpha value is -4.55. The molecule has 6 heteroatoms. The Morgan fingerprint density at radius 3 is 2.00 bits per heavy atom. The molecule has 0 radical (unpaired) electrons. The summed E-state index contributed by atoms with van der Waals surface area (Å²) >= 11 is 5.60. The molecule has 39 heavy (non-hydrogen) atoms. The van der Waals surface area contributed by atoms with Crippen molar-refractivity contribution >= 4 is 72.5 Å². The van der Waals surface area contributed by atoms with Crippen molar-refractivity contribution in [3.8, 4) is 0 Å². The third-order valence-electron chi connectivity index (χ3n) is 7.12. The second-order valence-electron chi connectivity index (χ2n) is 9.43. The number of nitrogens with one attached hydrogen (secondary N) is 5. The van der Waals surface area contributed by atoms with Crippen LogP contribution in [0.15, 0.2) is 97.1 Å². The molecule has 0 fully saturated rings. The molecule has 1 aliphatic rings. The number of fused-ring (bicyclic) bond motifs is 7. The fourth-order valence-electron chi connectivity index (χ4n) is 5.52. The van der Waals surface area contributed by atoms with E-state index in [1.165, 1.54) is 27.1 Å². The lowest BCUT2D eigenvalue weighted by atomic mass is 9.98. The summed E-state index contributed by atoms with van der Waals surface area (Å²) in [6, 6.07) is 33.5. The highest BCUT2D eigenvalue weighted by molar-refractivity contribution is 7.80. The average molecular weight is 530 g/mol. The minimum absolute atomic E-state index is 0.0439. The smallest absolute Gasteiger partial charge is 0.175 e. The van der Waals surface area contributed by atoms with Gasteiger partial charge in [-0.15, -0.1) is 0 Å². The largest absolute Gasteiger partial charge is 0.359 e. The number of rotatable bonds is 3. The fourth-order valence-corrected chi connectivity index (χ4v) is 5.76. The highest BCUT2D eigenvalue weighted by Gasteiger charge is 2.29. The summed E-state index contributed by atoms with van der Waals surface area (Å²) in [5.74, 6) is 0. The van der Waals surface area contributed by atoms with Gasteiger partial charge in [-0.3, -0.25) is 0 Å². The van der Waals surface area contributed by atoms with Gasteiger partial charge in [0.15, 0.2) is 5.11 Å². The molecule has 2 heterocycles. The number of hydrogen-bond acceptors (Lipinski definition) is 3. The van der Waals surface area contributed by atoms with Gasteiger partial charge in [0.05, 0.1) is 11.4 Å². The Morgan fingerprint density at radius 1 is 0.641 bits per heavy atom. The summed E-state index contributed by atoms with van der Waals surface area (Å²) < 4.78 is 0. The molecule has 5 aromatic carbocycles. The number of aromatic amines is 1. The predicted octanol–water partition coefficient (Wildman–Crippen LogP) is 9.15. The summed E-state index contributed by atoms with van der Waals surface area (Å²) in [7, 11) is 0. The van der Waals surface area contributed by atoms with Crippen LogP contribution in [0.3, 0.4) is 0 Å². The zero-order valence-electron chi connectivity index (χ0n) is 22.2. The van der Waals surface area contributed by atoms with Crippen molar-refractivity contribution in [1.29, 1.82) is 0 Å². The van der Waals surface area contributed by atoms with Gasteiger partial charge in [-0.25, -0.2) is 0 Å². The number of H-pyrrole nitrogens is 1. The first-order valence-corrected chi connectivity index (χ1v) is 13.8. The minimum Gasteiger partial charge on any atom is -0.359 e. The first kappa shape index (κ1) is 24.8. The molecule has 5 nitrogen and oxygen atoms in total. The SMILES string of the molecule is CC.Cc1[nH]c2ccccc2c1C1Nc2c(c3cc(NC(=S)Nc4ccccc4)ccc3c3ccccc23)N1. The van der Waals surface area contributed by atoms with Crippen LogP contribution in [0.25, 0.3) is 32.4 Å². The van der Waals surface area contributed by atoms with Gasteiger partial charge in [-0.1, -0.05) is 80.6 Å². The zero-order chi connectivity index (χ0) is 26.9. The highest BCUT2D eigenvalue weighted by atomic mass is 32.1. The fraction of sp³-hybridized carbons (Fsp3) is 0.121. The topological polar surface area (TPSA) is 63.9 Å². The van der Waals surface area contributed by atoms with Crippen molar-refractivity contribution in [3.63, 3.8) is 0 Å². The van der Waals surface area contributed by atoms with E-state index >= 15 is 0 Å². The molecule has 0 amide bonds. The van der Waals surface area contributed by atoms with E-state index in [0.29, 0.717) is 5.11 Å². The van der Waals surface area contributed by atoms with Crippen molar-refractivity contribution in [2.45, 2.75) is 26.9 Å². The van der Waals surface area contributed by atoms with E-state index < -0.39 is 0 Å². The van der Waals surface area contributed by atoms with Gasteiger partial charge in [0.1, 0.15) is 6.17 Å². The second-order valence-corrected chi connectivity index (χ2v) is 9.84. The monoisotopic (exact) mass is 529 g/mol. The number of thiocarbonyl (C=S) groups is 1. The van der Waals surface area contributed by atoms with Crippen molar-refractivity contribution in [3.05, 3.63) is 108 Å². The number of benzene rings is 5. The summed E-state index contributed by atoms with van der Waals surface area (Å²) in [5.41, 5.74) is 7.67. The first-order chi connectivity index (χ1) is 19.2. The molecule has 0 saturated carbocycles. The molecule has 0 saturated heterocycles. The van der Waals surface area contributed by atoms with Crippen molar-refractivity contribution in [2.75, 3.05) is 21.3 Å². The lowest BCUT2D eigenvalue weighted by Crippen LogP contribution is -2.18. The van der Waals surface area contributed by atoms with Gasteiger partial charge in [0.2, 0.25) is 0 Å². The van der Waals surface area contributed by atoms with Gasteiger partial charge in [0.25, 0.3) is 0 Å². The van der Waals surface area contributed by atoms with Crippen LogP contribution in [0.1, 0.15) is 31.3 Å². The van der Waals surface area contributed by atoms with Crippen LogP contribution in [0.2, 0.25) is 0 Å². The maximum atomic E-state index is 5.60. The molecule has 0 bridgehead atoms. The lowest BCUT2D eigenvalue weighted by molar-refractivity contribution is 0.936. The van der Waals surface area contributed by atoms with E-state index in [2.05, 4.69) is 99.9 Å². The lowest BCUT2D eigenvalue weighted by Gasteiger charge is -2.14. The molecular formula is C33H31N5S. The van der Waals surface area contributed by atoms with Crippen molar-refractivity contribution in [2.24, 2.45) is 0 Å². The van der Waals surface area contributed by atoms with Gasteiger partial charge in [-0.2, -0.15) is 0 Å². The van der Waals surface area contributed by atoms with Gasteiger partial charge in [0, 0.05) is 44.3 Å². The van der Waals surface area contributed by atoms with Crippen LogP contribution < -0.4 is 21.3 Å². The van der Waals surface area contributed by atoms with Crippen LogP contribution in [-0.2, 0) is 0 Å². The number of para-hydroxylation sites is 2. The molecule has 0 aliphatic carbocycles. The molecule has 1 atom stereocenters. The number of aromatic nitrogens is 1. The summed E-state index contributed by atoms with van der Waals surface area (Å²) in [6.07, 6.45) is -0.0439. The molecular weight excluding hydrogens is 498 g/mol. The predicted molar refractivity (Wildman–Crippen MR) is 172 cm³/mol. The van der Waals surface area contributed by atoms with E-state index in [1.807, 2.05) is 44.2 Å². The normalized spacial score (nSPS) is 13.8. The third-order valence-corrected chi connectivity index (χ3v) is 7.33. The van der Waals surface area contributed by atoms with E-state index in [9.17, 15) is 0 Å². The first-order valence-electron chi connectivity index (χ1n) is 13.4. The highest BCUT2D eigenvalue weighted by Crippen LogP contribution is 2.48. The van der Waals surface area contributed by atoms with E-state index in [0.717, 1.165) is 39.3 Å². The molecule has 1 unspecified atom stereocenters. The summed E-state index contributed by atoms with van der Waals surface area (Å²) in [6.45, 7) is 6.14. The summed E-state index contributed by atoms with van der Waals surface area (Å²) in [4.78, 5) is 3.54. The Kier molecular flexibility index (Phi) is 6.55. The van der Waals surface area contributed by atoms with Gasteiger partial charge < -0.3 is 26.3 Å². The van der Waals surface area contributed by atoms with E-state index in [-0.39, 0.29) is 6.17 Å². The number of hydrogen-bond donors (Lipinski definition) is 5. The Morgan fingerprint density at radius 2 is 1.23 bits per heavy atom. The molecule has 0 spiro atoms. The summed E-state index contributed by atoms with van der Waals surface area (Å²) in [5, 5.41) is 20.8. The standard InChI is InChI=1S/C31H25N5S.C2H6/c1-18-27(24-13-7-8-14-26(24)32-18)30-35-28-23-12-6-5-11-21(23)22-16-15-20(17-25(22)29(28)36-30)34-31(37)33-19-9-3-2-4-10-19;1-2/h2-17,30,32,35-36H,1H3,(H2,33,34,37);1-2H3. The van der Waals surface area contributed by atoms with Crippen LogP contribution in [0.5, 0.6) is 0 Å². The van der Waals surface area contributed by atoms with Crippen LogP contribution in [-0.4, -0.2) is 10.1 Å². The second kappa shape index (κ2) is 10.3.